The lowest BCUT2D eigenvalue weighted by Gasteiger charge is -2.33. The Balaban J connectivity index is 1.11. The van der Waals surface area contributed by atoms with Gasteiger partial charge in [-0.25, -0.2) is 28.7 Å². The fraction of sp³-hybridized carbons (Fsp3) is 0.486. The summed E-state index contributed by atoms with van der Waals surface area (Å²) in [6.45, 7) is 3.79. The number of aromatic amines is 2. The summed E-state index contributed by atoms with van der Waals surface area (Å²) in [7, 11) is 0. The highest BCUT2D eigenvalue weighted by Gasteiger charge is 2.39. The third-order valence-corrected chi connectivity index (χ3v) is 10.7. The van der Waals surface area contributed by atoms with Gasteiger partial charge < -0.3 is 30.4 Å². The summed E-state index contributed by atoms with van der Waals surface area (Å²) < 4.78 is 32.2. The van der Waals surface area contributed by atoms with Crippen LogP contribution in [0.2, 0.25) is 0 Å². The molecule has 4 atom stereocenters. The van der Waals surface area contributed by atoms with E-state index in [-0.39, 0.29) is 35.8 Å². The zero-order valence-corrected chi connectivity index (χ0v) is 26.4. The number of hydrogen-bond donors (Lipinski definition) is 4. The molecule has 4 N–H and O–H groups in total. The lowest BCUT2D eigenvalue weighted by Crippen LogP contribution is -2.31. The molecule has 4 aliphatic rings. The molecular weight excluding hydrogens is 598 g/mol. The van der Waals surface area contributed by atoms with Crippen LogP contribution in [0.25, 0.3) is 22.1 Å². The Kier molecular flexibility index (Phi) is 7.30. The highest BCUT2D eigenvalue weighted by molar-refractivity contribution is 5.78. The third kappa shape index (κ3) is 5.22. The first kappa shape index (κ1) is 29.0. The van der Waals surface area contributed by atoms with E-state index in [0.717, 1.165) is 93.1 Å². The molecule has 10 nitrogen and oxygen atoms in total. The molecule has 0 aliphatic carbocycles. The van der Waals surface area contributed by atoms with Crippen molar-refractivity contribution in [2.75, 3.05) is 36.0 Å². The van der Waals surface area contributed by atoms with Gasteiger partial charge >= 0.3 is 0 Å². The van der Waals surface area contributed by atoms with E-state index in [0.29, 0.717) is 41.0 Å². The number of nitrogens with one attached hydrogen (secondary N) is 4. The van der Waals surface area contributed by atoms with Gasteiger partial charge in [0.25, 0.3) is 0 Å². The van der Waals surface area contributed by atoms with Gasteiger partial charge in [-0.05, 0) is 83.0 Å². The zero-order chi connectivity index (χ0) is 31.5. The van der Waals surface area contributed by atoms with Crippen LogP contribution >= 0.6 is 0 Å². The molecule has 2 aromatic carbocycles. The maximum atomic E-state index is 16.1. The fourth-order valence-electron chi connectivity index (χ4n) is 8.30. The molecular formula is C35H40F2N10. The second kappa shape index (κ2) is 11.8. The van der Waals surface area contributed by atoms with Crippen LogP contribution in [0.5, 0.6) is 0 Å². The van der Waals surface area contributed by atoms with E-state index in [9.17, 15) is 0 Å². The number of imidazole rings is 2. The minimum Gasteiger partial charge on any atom is -0.355 e. The minimum absolute atomic E-state index is 0.155. The van der Waals surface area contributed by atoms with Crippen molar-refractivity contribution in [3.05, 3.63) is 71.1 Å². The molecule has 0 spiro atoms. The molecule has 3 aromatic heterocycles. The number of anilines is 2. The number of H-pyrrole nitrogens is 2. The van der Waals surface area contributed by atoms with Crippen LogP contribution in [0.1, 0.15) is 105 Å². The van der Waals surface area contributed by atoms with Crippen molar-refractivity contribution in [3.63, 3.8) is 0 Å². The van der Waals surface area contributed by atoms with Crippen LogP contribution in [0.4, 0.5) is 20.4 Å². The molecule has 4 saturated heterocycles. The maximum Gasteiger partial charge on any atom is 0.225 e. The molecule has 7 heterocycles. The van der Waals surface area contributed by atoms with Gasteiger partial charge in [-0.3, -0.25) is 0 Å². The SMILES string of the molecule is Fc1cc2nc([C@@H]3CCCN3)[nH]c2cc1[C@@H]1CC[C@@H](c2cc3[nH]c([C@@H]4CCCN4)nc3cc2F)N1c1cnc(N2CCCCC2)nc1. The first-order chi connectivity index (χ1) is 23.1. The maximum absolute atomic E-state index is 16.1. The van der Waals surface area contributed by atoms with Crippen molar-refractivity contribution >= 4 is 33.7 Å². The highest BCUT2D eigenvalue weighted by atomic mass is 19.1. The Morgan fingerprint density at radius 2 is 1.17 bits per heavy atom. The van der Waals surface area contributed by atoms with Gasteiger partial charge in [0, 0.05) is 36.3 Å². The highest BCUT2D eigenvalue weighted by Crippen LogP contribution is 2.48. The Labute approximate surface area is 271 Å². The number of halogens is 2. The number of fused-ring (bicyclic) bond motifs is 2. The normalized spacial score (nSPS) is 25.1. The number of piperidine rings is 1. The zero-order valence-electron chi connectivity index (χ0n) is 26.4. The van der Waals surface area contributed by atoms with Crippen molar-refractivity contribution in [1.82, 2.24) is 40.5 Å². The summed E-state index contributed by atoms with van der Waals surface area (Å²) in [5, 5.41) is 6.95. The van der Waals surface area contributed by atoms with Gasteiger partial charge in [0.2, 0.25) is 5.95 Å². The Morgan fingerprint density at radius 3 is 1.66 bits per heavy atom. The summed E-state index contributed by atoms with van der Waals surface area (Å²) in [5.41, 5.74) is 4.73. The molecule has 5 aromatic rings. The number of aromatic nitrogens is 6. The largest absolute Gasteiger partial charge is 0.355 e. The molecule has 0 radical (unpaired) electrons. The van der Waals surface area contributed by atoms with Crippen LogP contribution in [0, 0.1) is 11.6 Å². The minimum atomic E-state index is -0.347. The Morgan fingerprint density at radius 1 is 0.638 bits per heavy atom. The lowest BCUT2D eigenvalue weighted by molar-refractivity contribution is 0.560. The summed E-state index contributed by atoms with van der Waals surface area (Å²) in [6.07, 6.45) is 12.6. The van der Waals surface area contributed by atoms with E-state index in [1.54, 1.807) is 0 Å². The van der Waals surface area contributed by atoms with E-state index >= 15 is 8.78 Å². The van der Waals surface area contributed by atoms with E-state index in [2.05, 4.69) is 30.4 Å². The molecule has 0 unspecified atom stereocenters. The summed E-state index contributed by atoms with van der Waals surface area (Å²) in [5.74, 6) is 1.78. The Bertz CT molecular complexity index is 1790. The van der Waals surface area contributed by atoms with Gasteiger partial charge in [0.15, 0.2) is 0 Å². The van der Waals surface area contributed by atoms with Gasteiger partial charge in [-0.1, -0.05) is 0 Å². The van der Waals surface area contributed by atoms with Crippen molar-refractivity contribution in [2.24, 2.45) is 0 Å². The van der Waals surface area contributed by atoms with E-state index < -0.39 is 0 Å². The first-order valence-electron chi connectivity index (χ1n) is 17.3. The third-order valence-electron chi connectivity index (χ3n) is 10.7. The van der Waals surface area contributed by atoms with Crippen LogP contribution in [-0.2, 0) is 0 Å². The molecule has 244 valence electrons. The lowest BCUT2D eigenvalue weighted by atomic mass is 10.0. The monoisotopic (exact) mass is 638 g/mol. The molecule has 9 rings (SSSR count). The van der Waals surface area contributed by atoms with Gasteiger partial charge in [-0.2, -0.15) is 0 Å². The van der Waals surface area contributed by atoms with Crippen molar-refractivity contribution in [1.29, 1.82) is 0 Å². The molecule has 0 amide bonds. The molecule has 0 bridgehead atoms. The number of hydrogen-bond acceptors (Lipinski definition) is 8. The van der Waals surface area contributed by atoms with E-state index in [1.165, 1.54) is 18.6 Å². The molecule has 0 saturated carbocycles. The summed E-state index contributed by atoms with van der Waals surface area (Å²) >= 11 is 0. The van der Waals surface area contributed by atoms with Crippen LogP contribution in [0.15, 0.2) is 36.7 Å². The second-order valence-corrected chi connectivity index (χ2v) is 13.6. The van der Waals surface area contributed by atoms with Gasteiger partial charge in [0.1, 0.15) is 23.3 Å². The summed E-state index contributed by atoms with van der Waals surface area (Å²) in [4.78, 5) is 30.3. The number of benzene rings is 2. The average Bonchev–Trinajstić information content (AvgIpc) is 3.93. The predicted molar refractivity (Wildman–Crippen MR) is 177 cm³/mol. The number of rotatable bonds is 6. The molecule has 12 heteroatoms. The Hall–Kier alpha value is -4.16. The van der Waals surface area contributed by atoms with Crippen LogP contribution < -0.4 is 20.4 Å². The topological polar surface area (TPSA) is 114 Å². The average molecular weight is 639 g/mol. The molecule has 4 aliphatic heterocycles. The van der Waals surface area contributed by atoms with E-state index in [1.807, 2.05) is 24.5 Å². The first-order valence-corrected chi connectivity index (χ1v) is 17.3. The predicted octanol–water partition coefficient (Wildman–Crippen LogP) is 6.43. The van der Waals surface area contributed by atoms with Gasteiger partial charge in [0.05, 0.1) is 64.3 Å². The van der Waals surface area contributed by atoms with Crippen molar-refractivity contribution < 1.29 is 8.78 Å². The van der Waals surface area contributed by atoms with Gasteiger partial charge in [-0.15, -0.1) is 0 Å². The summed E-state index contributed by atoms with van der Waals surface area (Å²) in [6, 6.07) is 6.49. The van der Waals surface area contributed by atoms with E-state index in [4.69, 9.17) is 19.9 Å². The number of nitrogens with zero attached hydrogens (tertiary/aromatic N) is 6. The quantitative estimate of drug-likeness (QED) is 0.168. The fourth-order valence-corrected chi connectivity index (χ4v) is 8.30. The molecule has 47 heavy (non-hydrogen) atoms. The standard InChI is InChI=1S/C35H40F2N10/c36-23-16-29-27(42-33(44-29)25-6-4-10-38-25)14-21(23)31-8-9-32(47(31)20-18-40-35(41-19-20)46-12-2-1-3-13-46)22-15-28-30(17-24(22)37)45-34(43-28)26-7-5-11-39-26/h14-19,25-26,31-32,38-39H,1-13H2,(H,42,44)(H,43,45)/t25-,26-,31-,32-/m0/s1. The smallest absolute Gasteiger partial charge is 0.225 e. The van der Waals surface area contributed by atoms with Crippen LogP contribution in [-0.4, -0.2) is 56.1 Å². The second-order valence-electron chi connectivity index (χ2n) is 13.6. The van der Waals surface area contributed by atoms with Crippen molar-refractivity contribution in [3.8, 4) is 0 Å². The van der Waals surface area contributed by atoms with Crippen LogP contribution in [0.3, 0.4) is 0 Å². The van der Waals surface area contributed by atoms with Crippen molar-refractivity contribution in [2.45, 2.75) is 82.0 Å². The molecule has 4 fully saturated rings.